The maximum absolute atomic E-state index is 12.4. The molecule has 1 aromatic rings. The third-order valence-corrected chi connectivity index (χ3v) is 3.26. The van der Waals surface area contributed by atoms with E-state index in [1.54, 1.807) is 25.0 Å². The van der Waals surface area contributed by atoms with E-state index in [0.717, 1.165) is 19.5 Å². The van der Waals surface area contributed by atoms with Crippen molar-refractivity contribution >= 4 is 5.78 Å². The minimum absolute atomic E-state index is 0.106. The van der Waals surface area contributed by atoms with Crippen LogP contribution in [0.2, 0.25) is 0 Å². The highest BCUT2D eigenvalue weighted by Crippen LogP contribution is 2.32. The first-order chi connectivity index (χ1) is 7.58. The predicted octanol–water partition coefficient (Wildman–Crippen LogP) is 0.611. The molecule has 1 aliphatic rings. The number of aryl methyl sites for hydroxylation is 1. The molecule has 0 amide bonds. The lowest BCUT2D eigenvalue weighted by atomic mass is 9.83. The second-order valence-electron chi connectivity index (χ2n) is 4.50. The molecule has 0 bridgehead atoms. The molecule has 2 heterocycles. The highest BCUT2D eigenvalue weighted by Gasteiger charge is 2.39. The minimum Gasteiger partial charge on any atom is -0.493 e. The summed E-state index contributed by atoms with van der Waals surface area (Å²) in [6.45, 7) is 3.60. The fourth-order valence-electron chi connectivity index (χ4n) is 2.12. The van der Waals surface area contributed by atoms with E-state index in [0.29, 0.717) is 11.4 Å². The number of ether oxygens (including phenoxy) is 1. The molecule has 1 unspecified atom stereocenters. The fourth-order valence-corrected chi connectivity index (χ4v) is 2.12. The van der Waals surface area contributed by atoms with Crippen molar-refractivity contribution in [2.24, 2.45) is 12.5 Å². The molecular weight excluding hydrogens is 206 g/mol. The fraction of sp³-hybridized carbons (Fsp3) is 0.636. The Balaban J connectivity index is 2.36. The molecule has 16 heavy (non-hydrogen) atoms. The molecule has 1 atom stereocenters. The summed E-state index contributed by atoms with van der Waals surface area (Å²) < 4.78 is 6.76. The van der Waals surface area contributed by atoms with Gasteiger partial charge in [-0.3, -0.25) is 9.48 Å². The summed E-state index contributed by atoms with van der Waals surface area (Å²) in [6.07, 6.45) is 2.44. The molecule has 2 rings (SSSR count). The average molecular weight is 223 g/mol. The van der Waals surface area contributed by atoms with Gasteiger partial charge in [-0.1, -0.05) is 6.92 Å². The molecule has 0 aliphatic carbocycles. The monoisotopic (exact) mass is 223 g/mol. The molecule has 1 N–H and O–H groups in total. The van der Waals surface area contributed by atoms with Crippen LogP contribution in [-0.2, 0) is 7.05 Å². The molecule has 5 heteroatoms. The van der Waals surface area contributed by atoms with E-state index < -0.39 is 0 Å². The Bertz CT molecular complexity index is 405. The van der Waals surface area contributed by atoms with E-state index in [9.17, 15) is 4.79 Å². The highest BCUT2D eigenvalue weighted by molar-refractivity contribution is 6.01. The molecule has 5 nitrogen and oxygen atoms in total. The maximum Gasteiger partial charge on any atom is 0.191 e. The van der Waals surface area contributed by atoms with E-state index in [1.165, 1.54) is 0 Å². The molecule has 0 aromatic carbocycles. The van der Waals surface area contributed by atoms with Gasteiger partial charge < -0.3 is 10.1 Å². The second kappa shape index (κ2) is 3.90. The molecule has 0 radical (unpaired) electrons. The van der Waals surface area contributed by atoms with E-state index in [2.05, 4.69) is 10.4 Å². The summed E-state index contributed by atoms with van der Waals surface area (Å²) in [5, 5.41) is 7.28. The normalized spacial score (nSPS) is 24.7. The zero-order valence-corrected chi connectivity index (χ0v) is 9.91. The zero-order valence-electron chi connectivity index (χ0n) is 9.91. The van der Waals surface area contributed by atoms with Crippen LogP contribution in [0.3, 0.4) is 0 Å². The Kier molecular flexibility index (Phi) is 2.71. The number of carbonyl (C=O) groups is 1. The van der Waals surface area contributed by atoms with E-state index in [4.69, 9.17) is 4.74 Å². The standard InChI is InChI=1S/C11H17N3O2/c1-11(4-5-12-7-11)10(15)9-8(16-3)6-13-14(9)2/h6,12H,4-5,7H2,1-3H3. The number of carbonyl (C=O) groups excluding carboxylic acids is 1. The lowest BCUT2D eigenvalue weighted by molar-refractivity contribution is 0.0825. The number of rotatable bonds is 3. The number of nitrogens with one attached hydrogen (secondary N) is 1. The number of Topliss-reactive ketones (excluding diaryl/α,β-unsaturated/α-hetero) is 1. The highest BCUT2D eigenvalue weighted by atomic mass is 16.5. The Morgan fingerprint density at radius 1 is 1.69 bits per heavy atom. The van der Waals surface area contributed by atoms with E-state index >= 15 is 0 Å². The van der Waals surface area contributed by atoms with Gasteiger partial charge in [-0.2, -0.15) is 5.10 Å². The number of methoxy groups -OCH3 is 1. The minimum atomic E-state index is -0.332. The number of hydrogen-bond donors (Lipinski definition) is 1. The first-order valence-electron chi connectivity index (χ1n) is 5.40. The van der Waals surface area contributed by atoms with Crippen LogP contribution >= 0.6 is 0 Å². The van der Waals surface area contributed by atoms with E-state index in [-0.39, 0.29) is 11.2 Å². The van der Waals surface area contributed by atoms with Gasteiger partial charge >= 0.3 is 0 Å². The molecule has 1 aliphatic heterocycles. The third kappa shape index (κ3) is 1.61. The smallest absolute Gasteiger partial charge is 0.191 e. The van der Waals surface area contributed by atoms with Crippen molar-refractivity contribution in [1.29, 1.82) is 0 Å². The van der Waals surface area contributed by atoms with Crippen molar-refractivity contribution < 1.29 is 9.53 Å². The maximum atomic E-state index is 12.4. The van der Waals surface area contributed by atoms with Gasteiger partial charge in [-0.25, -0.2) is 0 Å². The summed E-state index contributed by atoms with van der Waals surface area (Å²) in [7, 11) is 3.32. The topological polar surface area (TPSA) is 56.2 Å². The van der Waals surface area contributed by atoms with E-state index in [1.807, 2.05) is 6.92 Å². The van der Waals surface area contributed by atoms with Gasteiger partial charge in [-0.15, -0.1) is 0 Å². The first-order valence-corrected chi connectivity index (χ1v) is 5.40. The second-order valence-corrected chi connectivity index (χ2v) is 4.50. The Hall–Kier alpha value is -1.36. The third-order valence-electron chi connectivity index (χ3n) is 3.26. The summed E-state index contributed by atoms with van der Waals surface area (Å²) >= 11 is 0. The number of hydrogen-bond acceptors (Lipinski definition) is 4. The van der Waals surface area contributed by atoms with Crippen molar-refractivity contribution in [3.8, 4) is 5.75 Å². The molecule has 1 saturated heterocycles. The number of aromatic nitrogens is 2. The van der Waals surface area contributed by atoms with Crippen LogP contribution in [0, 0.1) is 5.41 Å². The molecular formula is C11H17N3O2. The molecule has 0 spiro atoms. The van der Waals surface area contributed by atoms with Crippen molar-refractivity contribution in [2.45, 2.75) is 13.3 Å². The lowest BCUT2D eigenvalue weighted by Gasteiger charge is -2.21. The lowest BCUT2D eigenvalue weighted by Crippen LogP contribution is -2.32. The molecule has 0 saturated carbocycles. The Morgan fingerprint density at radius 2 is 2.44 bits per heavy atom. The summed E-state index contributed by atoms with van der Waals surface area (Å²) in [6, 6.07) is 0. The van der Waals surface area contributed by atoms with Crippen molar-refractivity contribution in [1.82, 2.24) is 15.1 Å². The quantitative estimate of drug-likeness (QED) is 0.763. The summed E-state index contributed by atoms with van der Waals surface area (Å²) in [4.78, 5) is 12.4. The zero-order chi connectivity index (χ0) is 11.8. The van der Waals surface area contributed by atoms with Crippen molar-refractivity contribution in [3.05, 3.63) is 11.9 Å². The van der Waals surface area contributed by atoms with Crippen LogP contribution in [0.15, 0.2) is 6.20 Å². The van der Waals surface area contributed by atoms with Crippen molar-refractivity contribution in [2.75, 3.05) is 20.2 Å². The molecule has 1 fully saturated rings. The van der Waals surface area contributed by atoms with Gasteiger partial charge in [-0.05, 0) is 13.0 Å². The molecule has 1 aromatic heterocycles. The summed E-state index contributed by atoms with van der Waals surface area (Å²) in [5.74, 6) is 0.662. The van der Waals surface area contributed by atoms with Gasteiger partial charge in [0.1, 0.15) is 5.69 Å². The Labute approximate surface area is 94.8 Å². The summed E-state index contributed by atoms with van der Waals surface area (Å²) in [5.41, 5.74) is 0.231. The van der Waals surface area contributed by atoms with Gasteiger partial charge in [0, 0.05) is 19.0 Å². The van der Waals surface area contributed by atoms with Crippen LogP contribution < -0.4 is 10.1 Å². The SMILES string of the molecule is COc1cnn(C)c1C(=O)C1(C)CCNC1. The van der Waals surface area contributed by atoms with Crippen LogP contribution in [0.25, 0.3) is 0 Å². The van der Waals surface area contributed by atoms with Crippen LogP contribution in [0.1, 0.15) is 23.8 Å². The molecule has 88 valence electrons. The van der Waals surface area contributed by atoms with Gasteiger partial charge in [0.15, 0.2) is 11.5 Å². The number of nitrogens with zero attached hydrogens (tertiary/aromatic N) is 2. The van der Waals surface area contributed by atoms with Crippen LogP contribution in [-0.4, -0.2) is 35.8 Å². The largest absolute Gasteiger partial charge is 0.493 e. The van der Waals surface area contributed by atoms with Crippen LogP contribution in [0.5, 0.6) is 5.75 Å². The predicted molar refractivity (Wildman–Crippen MR) is 59.7 cm³/mol. The average Bonchev–Trinajstić information content (AvgIpc) is 2.85. The van der Waals surface area contributed by atoms with Gasteiger partial charge in [0.05, 0.1) is 13.3 Å². The first kappa shape index (κ1) is 11.1. The van der Waals surface area contributed by atoms with Crippen molar-refractivity contribution in [3.63, 3.8) is 0 Å². The number of ketones is 1. The van der Waals surface area contributed by atoms with Crippen LogP contribution in [0.4, 0.5) is 0 Å². The Morgan fingerprint density at radius 3 is 3.00 bits per heavy atom. The van der Waals surface area contributed by atoms with Gasteiger partial charge in [0.25, 0.3) is 0 Å². The van der Waals surface area contributed by atoms with Gasteiger partial charge in [0.2, 0.25) is 0 Å².